The van der Waals surface area contributed by atoms with Gasteiger partial charge in [0.1, 0.15) is 5.75 Å². The summed E-state index contributed by atoms with van der Waals surface area (Å²) in [5, 5.41) is 3.32. The highest BCUT2D eigenvalue weighted by atomic mass is 16.5. The summed E-state index contributed by atoms with van der Waals surface area (Å²) in [5.74, 6) is 1.01. The Balaban J connectivity index is 3.29. The van der Waals surface area contributed by atoms with Crippen molar-refractivity contribution < 1.29 is 4.74 Å². The number of benzene rings is 1. The number of rotatable bonds is 6. The molecule has 0 aliphatic heterocycles. The van der Waals surface area contributed by atoms with E-state index >= 15 is 0 Å². The van der Waals surface area contributed by atoms with Crippen LogP contribution >= 0.6 is 0 Å². The Morgan fingerprint density at radius 2 is 1.88 bits per heavy atom. The van der Waals surface area contributed by atoms with Gasteiger partial charge in [-0.3, -0.25) is 0 Å². The second-order valence-electron chi connectivity index (χ2n) is 4.72. The topological polar surface area (TPSA) is 21.3 Å². The lowest BCUT2D eigenvalue weighted by atomic mass is 9.75. The van der Waals surface area contributed by atoms with Crippen LogP contribution in [0, 0.1) is 6.92 Å². The lowest BCUT2D eigenvalue weighted by Gasteiger charge is -2.33. The van der Waals surface area contributed by atoms with E-state index in [2.05, 4.69) is 44.3 Å². The standard InChI is InChI=1S/C15H25NO/c1-6-15(7-2,11-16-4)13-10-12(3)8-9-14(13)17-5/h8-10,16H,6-7,11H2,1-5H3. The van der Waals surface area contributed by atoms with Crippen LogP contribution in [-0.4, -0.2) is 20.7 Å². The summed E-state index contributed by atoms with van der Waals surface area (Å²) in [7, 11) is 3.77. The minimum absolute atomic E-state index is 0.173. The zero-order valence-corrected chi connectivity index (χ0v) is 11.8. The number of hydrogen-bond acceptors (Lipinski definition) is 2. The maximum absolute atomic E-state index is 5.53. The van der Waals surface area contributed by atoms with E-state index in [-0.39, 0.29) is 5.41 Å². The van der Waals surface area contributed by atoms with Gasteiger partial charge in [0.15, 0.2) is 0 Å². The third kappa shape index (κ3) is 2.81. The van der Waals surface area contributed by atoms with Gasteiger partial charge >= 0.3 is 0 Å². The molecule has 0 atom stereocenters. The molecule has 0 aromatic heterocycles. The maximum atomic E-state index is 5.53. The first kappa shape index (κ1) is 14.0. The van der Waals surface area contributed by atoms with Gasteiger partial charge in [0.05, 0.1) is 7.11 Å². The fourth-order valence-corrected chi connectivity index (χ4v) is 2.55. The Kier molecular flexibility index (Phi) is 5.01. The maximum Gasteiger partial charge on any atom is 0.122 e. The highest BCUT2D eigenvalue weighted by Gasteiger charge is 2.30. The van der Waals surface area contributed by atoms with Crippen LogP contribution in [0.2, 0.25) is 0 Å². The summed E-state index contributed by atoms with van der Waals surface area (Å²) in [6.07, 6.45) is 2.23. The van der Waals surface area contributed by atoms with Crippen LogP contribution in [-0.2, 0) is 5.41 Å². The van der Waals surface area contributed by atoms with E-state index in [1.165, 1.54) is 11.1 Å². The molecule has 0 fully saturated rings. The molecule has 0 unspecified atom stereocenters. The van der Waals surface area contributed by atoms with Crippen molar-refractivity contribution in [3.8, 4) is 5.75 Å². The second kappa shape index (κ2) is 6.06. The number of hydrogen-bond donors (Lipinski definition) is 1. The van der Waals surface area contributed by atoms with Gasteiger partial charge in [-0.25, -0.2) is 0 Å². The normalized spacial score (nSPS) is 11.6. The lowest BCUT2D eigenvalue weighted by molar-refractivity contribution is 0.346. The summed E-state index contributed by atoms with van der Waals surface area (Å²) < 4.78 is 5.53. The fraction of sp³-hybridized carbons (Fsp3) is 0.600. The number of ether oxygens (including phenoxy) is 1. The minimum Gasteiger partial charge on any atom is -0.496 e. The molecule has 2 heteroatoms. The van der Waals surface area contributed by atoms with Gasteiger partial charge in [-0.1, -0.05) is 31.5 Å². The van der Waals surface area contributed by atoms with Gasteiger partial charge in [-0.2, -0.15) is 0 Å². The van der Waals surface area contributed by atoms with Crippen molar-refractivity contribution in [1.82, 2.24) is 5.32 Å². The molecular formula is C15H25NO. The van der Waals surface area contributed by atoms with Crippen molar-refractivity contribution >= 4 is 0 Å². The average Bonchev–Trinajstić information content (AvgIpc) is 2.36. The molecule has 0 heterocycles. The molecule has 0 aliphatic carbocycles. The predicted octanol–water partition coefficient (Wildman–Crippen LogP) is 3.28. The first-order chi connectivity index (χ1) is 8.13. The molecule has 1 aromatic carbocycles. The molecule has 0 amide bonds. The highest BCUT2D eigenvalue weighted by Crippen LogP contribution is 2.37. The molecule has 1 rings (SSSR count). The first-order valence-electron chi connectivity index (χ1n) is 6.43. The van der Waals surface area contributed by atoms with E-state index in [9.17, 15) is 0 Å². The Morgan fingerprint density at radius 3 is 2.35 bits per heavy atom. The van der Waals surface area contributed by atoms with Crippen LogP contribution in [0.5, 0.6) is 5.75 Å². The fourth-order valence-electron chi connectivity index (χ4n) is 2.55. The largest absolute Gasteiger partial charge is 0.496 e. The van der Waals surface area contributed by atoms with Gasteiger partial charge in [0, 0.05) is 17.5 Å². The third-order valence-corrected chi connectivity index (χ3v) is 3.80. The minimum atomic E-state index is 0.173. The summed E-state index contributed by atoms with van der Waals surface area (Å²) in [6, 6.07) is 6.46. The number of nitrogens with one attached hydrogen (secondary N) is 1. The molecule has 0 aliphatic rings. The number of likely N-dealkylation sites (N-methyl/N-ethyl adjacent to an activating group) is 1. The van der Waals surface area contributed by atoms with Crippen molar-refractivity contribution in [3.63, 3.8) is 0 Å². The monoisotopic (exact) mass is 235 g/mol. The molecule has 2 nitrogen and oxygen atoms in total. The van der Waals surface area contributed by atoms with Crippen molar-refractivity contribution in [1.29, 1.82) is 0 Å². The van der Waals surface area contributed by atoms with Gasteiger partial charge in [-0.05, 0) is 32.9 Å². The van der Waals surface area contributed by atoms with E-state index in [1.54, 1.807) is 7.11 Å². The molecule has 17 heavy (non-hydrogen) atoms. The smallest absolute Gasteiger partial charge is 0.122 e. The molecular weight excluding hydrogens is 210 g/mol. The molecule has 0 radical (unpaired) electrons. The molecule has 0 spiro atoms. The van der Waals surface area contributed by atoms with Gasteiger partial charge in [-0.15, -0.1) is 0 Å². The van der Waals surface area contributed by atoms with Crippen molar-refractivity contribution in [3.05, 3.63) is 29.3 Å². The number of methoxy groups -OCH3 is 1. The molecule has 0 bridgehead atoms. The Bertz CT molecular complexity index is 356. The second-order valence-corrected chi connectivity index (χ2v) is 4.72. The number of aryl methyl sites for hydroxylation is 1. The Labute approximate surface area is 105 Å². The Hall–Kier alpha value is -1.02. The van der Waals surface area contributed by atoms with E-state index in [1.807, 2.05) is 7.05 Å². The van der Waals surface area contributed by atoms with Crippen LogP contribution in [0.15, 0.2) is 18.2 Å². The van der Waals surface area contributed by atoms with Crippen LogP contribution in [0.3, 0.4) is 0 Å². The summed E-state index contributed by atoms with van der Waals surface area (Å²) in [5.41, 5.74) is 2.80. The van der Waals surface area contributed by atoms with E-state index in [0.717, 1.165) is 25.1 Å². The summed E-state index contributed by atoms with van der Waals surface area (Å²) >= 11 is 0. The van der Waals surface area contributed by atoms with Crippen LogP contribution in [0.4, 0.5) is 0 Å². The van der Waals surface area contributed by atoms with Gasteiger partial charge in [0.25, 0.3) is 0 Å². The zero-order valence-electron chi connectivity index (χ0n) is 11.8. The SMILES string of the molecule is CCC(CC)(CNC)c1cc(C)ccc1OC. The van der Waals surface area contributed by atoms with E-state index in [4.69, 9.17) is 4.74 Å². The quantitative estimate of drug-likeness (QED) is 0.817. The van der Waals surface area contributed by atoms with Crippen LogP contribution < -0.4 is 10.1 Å². The molecule has 1 N–H and O–H groups in total. The average molecular weight is 235 g/mol. The third-order valence-electron chi connectivity index (χ3n) is 3.80. The zero-order chi connectivity index (χ0) is 12.9. The van der Waals surface area contributed by atoms with Crippen molar-refractivity contribution in [2.45, 2.75) is 39.0 Å². The van der Waals surface area contributed by atoms with E-state index < -0.39 is 0 Å². The molecule has 0 saturated carbocycles. The lowest BCUT2D eigenvalue weighted by Crippen LogP contribution is -2.36. The van der Waals surface area contributed by atoms with E-state index in [0.29, 0.717) is 0 Å². The molecule has 1 aromatic rings. The molecule has 96 valence electrons. The van der Waals surface area contributed by atoms with Crippen molar-refractivity contribution in [2.24, 2.45) is 0 Å². The van der Waals surface area contributed by atoms with Gasteiger partial charge < -0.3 is 10.1 Å². The predicted molar refractivity (Wildman–Crippen MR) is 73.9 cm³/mol. The van der Waals surface area contributed by atoms with Crippen LogP contribution in [0.25, 0.3) is 0 Å². The van der Waals surface area contributed by atoms with Crippen LogP contribution in [0.1, 0.15) is 37.8 Å². The summed E-state index contributed by atoms with van der Waals surface area (Å²) in [6.45, 7) is 7.63. The van der Waals surface area contributed by atoms with Gasteiger partial charge in [0.2, 0.25) is 0 Å². The summed E-state index contributed by atoms with van der Waals surface area (Å²) in [4.78, 5) is 0. The highest BCUT2D eigenvalue weighted by molar-refractivity contribution is 5.42. The van der Waals surface area contributed by atoms with Crippen molar-refractivity contribution in [2.75, 3.05) is 20.7 Å². The first-order valence-corrected chi connectivity index (χ1v) is 6.43. The Morgan fingerprint density at radius 1 is 1.24 bits per heavy atom. The molecule has 0 saturated heterocycles.